The molecule has 1 unspecified atom stereocenters. The summed E-state index contributed by atoms with van der Waals surface area (Å²) in [4.78, 5) is 83.5. The number of piperidine rings is 2. The van der Waals surface area contributed by atoms with Crippen molar-refractivity contribution in [3.8, 4) is 11.8 Å². The van der Waals surface area contributed by atoms with Crippen molar-refractivity contribution >= 4 is 68.6 Å². The molecular formula is C45H59N8O7SSi. The highest BCUT2D eigenvalue weighted by atomic mass is 32.1. The summed E-state index contributed by atoms with van der Waals surface area (Å²) >= 11 is 3.92. The van der Waals surface area contributed by atoms with Crippen LogP contribution < -0.4 is 26.5 Å². The van der Waals surface area contributed by atoms with E-state index in [4.69, 9.17) is 4.74 Å². The number of hydrogen-bond acceptors (Lipinski definition) is 9. The minimum atomic E-state index is -0.722. The lowest BCUT2D eigenvalue weighted by Crippen LogP contribution is -2.55. The normalized spacial score (nSPS) is 18.3. The van der Waals surface area contributed by atoms with E-state index >= 15 is 0 Å². The largest absolute Gasteiger partial charge is 0.444 e. The number of rotatable bonds is 15. The van der Waals surface area contributed by atoms with Gasteiger partial charge >= 0.3 is 11.8 Å². The Labute approximate surface area is 372 Å². The fraction of sp³-hybridized carbons (Fsp3) is 0.578. The summed E-state index contributed by atoms with van der Waals surface area (Å²) in [5.41, 5.74) is 3.75. The van der Waals surface area contributed by atoms with Gasteiger partial charge in [-0.1, -0.05) is 49.3 Å². The van der Waals surface area contributed by atoms with Crippen LogP contribution in [0.25, 0.3) is 11.0 Å². The summed E-state index contributed by atoms with van der Waals surface area (Å²) in [7, 11) is 5.48. The molecule has 5 heterocycles. The van der Waals surface area contributed by atoms with Crippen LogP contribution in [0.15, 0.2) is 41.5 Å². The summed E-state index contributed by atoms with van der Waals surface area (Å²) in [5.74, 6) is 6.42. The van der Waals surface area contributed by atoms with Crippen LogP contribution in [0.2, 0.25) is 5.54 Å². The maximum atomic E-state index is 13.6. The number of carbonyl (C=O) groups is 5. The third-order valence-corrected chi connectivity index (χ3v) is 12.7. The van der Waals surface area contributed by atoms with E-state index < -0.39 is 34.9 Å². The number of alkyl carbamates (subject to hydrolysis) is 1. The number of nitrogens with one attached hydrogen (secondary N) is 3. The van der Waals surface area contributed by atoms with Gasteiger partial charge in [0.1, 0.15) is 17.7 Å². The molecule has 3 N–H and O–H groups in total. The van der Waals surface area contributed by atoms with Gasteiger partial charge in [-0.15, -0.1) is 0 Å². The van der Waals surface area contributed by atoms with Gasteiger partial charge in [0.25, 0.3) is 5.24 Å². The fourth-order valence-electron chi connectivity index (χ4n) is 8.59. The molecule has 3 radical (unpaired) electrons. The molecule has 17 heteroatoms. The van der Waals surface area contributed by atoms with Crippen molar-refractivity contribution in [2.45, 2.75) is 121 Å². The molecule has 3 saturated heterocycles. The predicted molar refractivity (Wildman–Crippen MR) is 241 cm³/mol. The third kappa shape index (κ3) is 12.1. The van der Waals surface area contributed by atoms with Crippen molar-refractivity contribution in [3.63, 3.8) is 0 Å². The van der Waals surface area contributed by atoms with Crippen molar-refractivity contribution in [3.05, 3.63) is 58.3 Å². The number of aromatic nitrogens is 3. The summed E-state index contributed by atoms with van der Waals surface area (Å²) in [5, 5.41) is 7.35. The zero-order chi connectivity index (χ0) is 44.6. The Bertz CT molecular complexity index is 2250. The van der Waals surface area contributed by atoms with Crippen LogP contribution in [0.1, 0.15) is 114 Å². The molecule has 3 aromatic rings. The van der Waals surface area contributed by atoms with Gasteiger partial charge in [-0.3, -0.25) is 38.6 Å². The van der Waals surface area contributed by atoms with E-state index in [1.165, 1.54) is 9.13 Å². The zero-order valence-electron chi connectivity index (χ0n) is 36.2. The molecule has 3 aliphatic rings. The lowest BCUT2D eigenvalue weighted by molar-refractivity contribution is -0.138. The molecule has 62 heavy (non-hydrogen) atoms. The highest BCUT2D eigenvalue weighted by Gasteiger charge is 2.38. The first-order chi connectivity index (χ1) is 29.6. The number of pyridine rings is 1. The zero-order valence-corrected chi connectivity index (χ0v) is 38.1. The Morgan fingerprint density at radius 1 is 1.03 bits per heavy atom. The number of anilines is 1. The van der Waals surface area contributed by atoms with Gasteiger partial charge in [0.05, 0.1) is 11.0 Å². The van der Waals surface area contributed by atoms with Crippen LogP contribution in [-0.4, -0.2) is 103 Å². The summed E-state index contributed by atoms with van der Waals surface area (Å²) in [6.07, 6.45) is 11.4. The highest BCUT2D eigenvalue weighted by Crippen LogP contribution is 2.36. The molecule has 0 bridgehead atoms. The molecule has 2 aromatic heterocycles. The molecule has 1 aromatic carbocycles. The van der Waals surface area contributed by atoms with E-state index in [0.717, 1.165) is 74.8 Å². The van der Waals surface area contributed by atoms with Gasteiger partial charge in [-0.2, -0.15) is 0 Å². The Morgan fingerprint density at radius 3 is 2.50 bits per heavy atom. The Hall–Kier alpha value is -5.08. The van der Waals surface area contributed by atoms with Crippen LogP contribution in [0.5, 0.6) is 0 Å². The number of ether oxygens (including phenoxy) is 1. The van der Waals surface area contributed by atoms with Crippen LogP contribution >= 0.6 is 12.6 Å². The molecule has 3 fully saturated rings. The molecule has 3 aliphatic heterocycles. The van der Waals surface area contributed by atoms with Crippen LogP contribution in [0, 0.1) is 17.8 Å². The smallest absolute Gasteiger partial charge is 0.407 e. The van der Waals surface area contributed by atoms with Crippen LogP contribution in [0.4, 0.5) is 15.3 Å². The number of imidazole rings is 1. The number of imide groups is 1. The summed E-state index contributed by atoms with van der Waals surface area (Å²) in [6, 6.07) is 6.27. The second kappa shape index (κ2) is 20.9. The Kier molecular flexibility index (Phi) is 15.6. The van der Waals surface area contributed by atoms with E-state index in [2.05, 4.69) is 66.6 Å². The molecule has 15 nitrogen and oxygen atoms in total. The van der Waals surface area contributed by atoms with Crippen molar-refractivity contribution in [1.82, 2.24) is 35.0 Å². The second-order valence-corrected chi connectivity index (χ2v) is 19.0. The molecular weight excluding hydrogens is 825 g/mol. The molecule has 3 atom stereocenters. The minimum Gasteiger partial charge on any atom is -0.444 e. The van der Waals surface area contributed by atoms with E-state index in [9.17, 15) is 28.8 Å². The first kappa shape index (κ1) is 46.4. The number of amides is 5. The Balaban J connectivity index is 0.940. The number of benzene rings is 1. The van der Waals surface area contributed by atoms with Crippen molar-refractivity contribution < 1.29 is 28.7 Å². The lowest BCUT2D eigenvalue weighted by atomic mass is 9.88. The first-order valence-corrected chi connectivity index (χ1v) is 22.8. The first-order valence-electron chi connectivity index (χ1n) is 21.8. The number of likely N-dealkylation sites (tertiary alicyclic amines) is 1. The standard InChI is InChI=1S/C45H59N8O7SSi/c1-45(2,3)60-42(57)47-21-8-7-11-32(62)13-14-34(48-43(58)61)41(56)52-27-31(28-52)33-26-46-22-18-35(33)51-23-19-29(20-24-51)9-5-6-10-30-12-15-36-38(25-30)50(4)44(59)53(36)37-16-17-39(54)49-40(37)55/h12,15,18,22,25-26,29,31-32,34,37H,5,7-9,11,13-14,16-17,19-21,23-24,27-28H2,1-4H3,(H,47,57)(H2,48,58,61)(H,49,54,55)/t32-,34-,37?/m0/s1. The topological polar surface area (TPSA) is 177 Å². The second-order valence-electron chi connectivity index (χ2n) is 17.7. The lowest BCUT2D eigenvalue weighted by Gasteiger charge is -2.43. The fourth-order valence-corrected chi connectivity index (χ4v) is 9.12. The third-order valence-electron chi connectivity index (χ3n) is 12.0. The molecule has 6 rings (SSSR count). The van der Waals surface area contributed by atoms with E-state index in [0.29, 0.717) is 55.8 Å². The van der Waals surface area contributed by atoms with Crippen molar-refractivity contribution in [2.24, 2.45) is 13.0 Å². The molecule has 331 valence electrons. The van der Waals surface area contributed by atoms with Gasteiger partial charge in [-0.05, 0) is 89.5 Å². The van der Waals surface area contributed by atoms with E-state index in [1.54, 1.807) is 7.05 Å². The maximum absolute atomic E-state index is 13.6. The maximum Gasteiger partial charge on any atom is 0.407 e. The number of fused-ring (bicyclic) bond motifs is 1. The van der Waals surface area contributed by atoms with Crippen LogP contribution in [-0.2, 0) is 26.2 Å². The number of unbranched alkanes of at least 4 members (excludes halogenated alkanes) is 1. The quantitative estimate of drug-likeness (QED) is 0.0531. The van der Waals surface area contributed by atoms with Crippen molar-refractivity contribution in [1.29, 1.82) is 0 Å². The van der Waals surface area contributed by atoms with Crippen molar-refractivity contribution in [2.75, 3.05) is 37.6 Å². The minimum absolute atomic E-state index is 0.103. The van der Waals surface area contributed by atoms with E-state index in [1.807, 2.05) is 56.3 Å². The molecule has 0 saturated carbocycles. The van der Waals surface area contributed by atoms with Gasteiger partial charge in [0, 0.05) is 98.0 Å². The molecule has 0 aliphatic carbocycles. The number of nitrogens with zero attached hydrogens (tertiary/aromatic N) is 5. The monoisotopic (exact) mass is 883 g/mol. The Morgan fingerprint density at radius 2 is 1.79 bits per heavy atom. The van der Waals surface area contributed by atoms with Gasteiger partial charge in [0.15, 0.2) is 0 Å². The van der Waals surface area contributed by atoms with Crippen LogP contribution in [0.3, 0.4) is 0 Å². The molecule has 5 amide bonds. The highest BCUT2D eigenvalue weighted by molar-refractivity contribution is 7.96. The summed E-state index contributed by atoms with van der Waals surface area (Å²) < 4.78 is 8.28. The predicted octanol–water partition coefficient (Wildman–Crippen LogP) is 5.13. The van der Waals surface area contributed by atoms with Gasteiger partial charge < -0.3 is 25.2 Å². The number of hydrogen-bond donors (Lipinski definition) is 4. The summed E-state index contributed by atoms with van der Waals surface area (Å²) in [6.45, 7) is 8.96. The average Bonchev–Trinajstić information content (AvgIpc) is 3.44. The number of carbonyl (C=O) groups excluding carboxylic acids is 5. The van der Waals surface area contributed by atoms with E-state index in [-0.39, 0.29) is 35.4 Å². The molecule has 0 spiro atoms. The number of thiol groups is 1. The number of aryl methyl sites for hydroxylation is 1. The SMILES string of the molecule is Cn1c(=O)n(C2CCC(=O)NC2=O)c2ccc(C#CCCC3CCN(c4ccncc4C4CN(C(=O)[C@H](CC[C@@H]([Si])CCCCNC(=O)OC(C)(C)C)NC(=O)S)C4)CC3)cc21. The van der Waals surface area contributed by atoms with Gasteiger partial charge in [-0.25, -0.2) is 9.59 Å². The van der Waals surface area contributed by atoms with Gasteiger partial charge in [0.2, 0.25) is 17.7 Å². The average molecular weight is 884 g/mol.